The summed E-state index contributed by atoms with van der Waals surface area (Å²) >= 11 is 0. The van der Waals surface area contributed by atoms with Gasteiger partial charge in [-0.3, -0.25) is 9.59 Å². The quantitative estimate of drug-likeness (QED) is 0.651. The minimum atomic E-state index is -1.08. The lowest BCUT2D eigenvalue weighted by atomic mass is 9.97. The van der Waals surface area contributed by atoms with Crippen LogP contribution in [0.5, 0.6) is 5.75 Å². The first kappa shape index (κ1) is 19.9. The summed E-state index contributed by atoms with van der Waals surface area (Å²) in [5.74, 6) is -0.659. The molecule has 0 aliphatic carbocycles. The van der Waals surface area contributed by atoms with Crippen LogP contribution in [0.4, 0.5) is 4.39 Å². The Morgan fingerprint density at radius 3 is 2.77 bits per heavy atom. The highest BCUT2D eigenvalue weighted by molar-refractivity contribution is 5.98. The summed E-state index contributed by atoms with van der Waals surface area (Å²) in [5.41, 5.74) is 5.78. The van der Waals surface area contributed by atoms with Crippen molar-refractivity contribution in [3.8, 4) is 5.75 Å². The van der Waals surface area contributed by atoms with E-state index >= 15 is 0 Å². The molecular formula is C22H22FN3O4. The molecule has 0 spiro atoms. The first-order chi connectivity index (χ1) is 14.4. The van der Waals surface area contributed by atoms with Crippen molar-refractivity contribution in [1.82, 2.24) is 9.88 Å². The third-order valence-electron chi connectivity index (χ3n) is 5.15. The van der Waals surface area contributed by atoms with Gasteiger partial charge in [0.15, 0.2) is 0 Å². The van der Waals surface area contributed by atoms with Crippen molar-refractivity contribution >= 4 is 22.7 Å². The van der Waals surface area contributed by atoms with Crippen LogP contribution in [0.2, 0.25) is 0 Å². The number of halogens is 1. The summed E-state index contributed by atoms with van der Waals surface area (Å²) in [6, 6.07) is 12.9. The molecule has 1 unspecified atom stereocenters. The minimum Gasteiger partial charge on any atom is -0.490 e. The minimum absolute atomic E-state index is 0.00101. The largest absolute Gasteiger partial charge is 0.490 e. The number of rotatable bonds is 6. The molecule has 1 atom stereocenters. The normalized spacial score (nSPS) is 19.0. The van der Waals surface area contributed by atoms with Gasteiger partial charge >= 0.3 is 0 Å². The summed E-state index contributed by atoms with van der Waals surface area (Å²) in [7, 11) is 0. The summed E-state index contributed by atoms with van der Waals surface area (Å²) in [4.78, 5) is 29.6. The number of ether oxygens (including phenoxy) is 2. The van der Waals surface area contributed by atoms with Gasteiger partial charge in [0, 0.05) is 23.8 Å². The molecule has 1 saturated heterocycles. The van der Waals surface area contributed by atoms with Crippen molar-refractivity contribution in [2.24, 2.45) is 5.73 Å². The fourth-order valence-electron chi connectivity index (χ4n) is 3.69. The van der Waals surface area contributed by atoms with Gasteiger partial charge in [-0.05, 0) is 47.9 Å². The van der Waals surface area contributed by atoms with Crippen molar-refractivity contribution in [3.63, 3.8) is 0 Å². The molecule has 2 heterocycles. The number of amides is 2. The lowest BCUT2D eigenvalue weighted by Gasteiger charge is -2.42. The second-order valence-electron chi connectivity index (χ2n) is 7.42. The Balaban J connectivity index is 1.52. The maximum atomic E-state index is 13.1. The third kappa shape index (κ3) is 4.28. The zero-order chi connectivity index (χ0) is 21.1. The maximum absolute atomic E-state index is 13.1. The average Bonchev–Trinajstić information content (AvgIpc) is 3.20. The van der Waals surface area contributed by atoms with Gasteiger partial charge in [-0.25, -0.2) is 4.39 Å². The molecule has 8 heteroatoms. The molecule has 0 saturated carbocycles. The number of primary amides is 1. The third-order valence-corrected chi connectivity index (χ3v) is 5.15. The van der Waals surface area contributed by atoms with Crippen molar-refractivity contribution < 1.29 is 23.5 Å². The van der Waals surface area contributed by atoms with Gasteiger partial charge in [0.25, 0.3) is 5.91 Å². The van der Waals surface area contributed by atoms with Crippen LogP contribution in [0.1, 0.15) is 16.8 Å². The number of hydrogen-bond donors (Lipinski definition) is 2. The number of benzene rings is 2. The molecule has 2 aromatic carbocycles. The highest BCUT2D eigenvalue weighted by Gasteiger charge is 2.41. The monoisotopic (exact) mass is 411 g/mol. The number of nitrogens with two attached hydrogens (primary N) is 1. The number of nitrogens with zero attached hydrogens (tertiary/aromatic N) is 1. The van der Waals surface area contributed by atoms with E-state index in [1.54, 1.807) is 17.0 Å². The van der Waals surface area contributed by atoms with Crippen molar-refractivity contribution in [3.05, 3.63) is 66.1 Å². The Labute approximate surface area is 172 Å². The number of aromatic amines is 1. The molecule has 1 aliphatic heterocycles. The second kappa shape index (κ2) is 8.16. The molecule has 30 heavy (non-hydrogen) atoms. The number of carbonyl (C=O) groups excluding carboxylic acids is 2. The van der Waals surface area contributed by atoms with E-state index < -0.39 is 11.5 Å². The molecule has 1 aliphatic rings. The molecule has 3 N–H and O–H groups in total. The van der Waals surface area contributed by atoms with E-state index in [1.807, 2.05) is 18.3 Å². The molecule has 0 radical (unpaired) electrons. The van der Waals surface area contributed by atoms with Gasteiger partial charge in [0.05, 0.1) is 19.6 Å². The standard InChI is InChI=1S/C22H22FN3O4/c23-17-3-5-18(6-4-17)29-14-22(12-20(24)27)13-26(9-10-30-22)21(28)16-2-1-15-7-8-25-19(15)11-16/h1-8,11,25H,9-10,12-14H2,(H2,24,27). The van der Waals surface area contributed by atoms with E-state index in [0.717, 1.165) is 10.9 Å². The van der Waals surface area contributed by atoms with Crippen molar-refractivity contribution in [1.29, 1.82) is 0 Å². The Morgan fingerprint density at radius 1 is 1.20 bits per heavy atom. The number of hydrogen-bond acceptors (Lipinski definition) is 4. The number of H-pyrrole nitrogens is 1. The van der Waals surface area contributed by atoms with Crippen molar-refractivity contribution in [2.45, 2.75) is 12.0 Å². The molecule has 2 amide bonds. The SMILES string of the molecule is NC(=O)CC1(COc2ccc(F)cc2)CN(C(=O)c2ccc3cc[nH]c3c2)CCO1. The van der Waals surface area contributed by atoms with Gasteiger partial charge < -0.3 is 25.1 Å². The Hall–Kier alpha value is -3.39. The molecule has 3 aromatic rings. The molecule has 1 fully saturated rings. The topological polar surface area (TPSA) is 97.7 Å². The first-order valence-corrected chi connectivity index (χ1v) is 9.61. The van der Waals surface area contributed by atoms with Gasteiger partial charge in [-0.2, -0.15) is 0 Å². The molecule has 4 rings (SSSR count). The first-order valence-electron chi connectivity index (χ1n) is 9.61. The van der Waals surface area contributed by atoms with Gasteiger partial charge in [0.1, 0.15) is 23.8 Å². The summed E-state index contributed by atoms with van der Waals surface area (Å²) in [6.45, 7) is 0.787. The zero-order valence-electron chi connectivity index (χ0n) is 16.3. The smallest absolute Gasteiger partial charge is 0.254 e. The second-order valence-corrected chi connectivity index (χ2v) is 7.42. The molecule has 156 valence electrons. The van der Waals surface area contributed by atoms with Crippen LogP contribution in [0.3, 0.4) is 0 Å². The van der Waals surface area contributed by atoms with Crippen LogP contribution in [0, 0.1) is 5.82 Å². The van der Waals surface area contributed by atoms with E-state index in [0.29, 0.717) is 17.9 Å². The van der Waals surface area contributed by atoms with E-state index in [4.69, 9.17) is 15.2 Å². The van der Waals surface area contributed by atoms with E-state index in [-0.39, 0.29) is 37.9 Å². The van der Waals surface area contributed by atoms with E-state index in [9.17, 15) is 14.0 Å². The highest BCUT2D eigenvalue weighted by atomic mass is 19.1. The van der Waals surface area contributed by atoms with Crippen LogP contribution in [-0.4, -0.2) is 53.6 Å². The predicted molar refractivity (Wildman–Crippen MR) is 109 cm³/mol. The highest BCUT2D eigenvalue weighted by Crippen LogP contribution is 2.26. The van der Waals surface area contributed by atoms with E-state index in [2.05, 4.69) is 4.98 Å². The fraction of sp³-hybridized carbons (Fsp3) is 0.273. The Bertz CT molecular complexity index is 1070. The zero-order valence-corrected chi connectivity index (χ0v) is 16.3. The fourth-order valence-corrected chi connectivity index (χ4v) is 3.69. The number of nitrogens with one attached hydrogen (secondary N) is 1. The van der Waals surface area contributed by atoms with Crippen molar-refractivity contribution in [2.75, 3.05) is 26.3 Å². The number of aromatic nitrogens is 1. The van der Waals surface area contributed by atoms with E-state index in [1.165, 1.54) is 24.3 Å². The molecule has 0 bridgehead atoms. The lowest BCUT2D eigenvalue weighted by molar-refractivity contribution is -0.142. The van der Waals surface area contributed by atoms with Gasteiger partial charge in [-0.1, -0.05) is 6.07 Å². The Kier molecular flexibility index (Phi) is 5.41. The average molecular weight is 411 g/mol. The van der Waals surface area contributed by atoms with Crippen LogP contribution in [0.25, 0.3) is 10.9 Å². The predicted octanol–water partition coefficient (Wildman–Crippen LogP) is 2.47. The summed E-state index contributed by atoms with van der Waals surface area (Å²) < 4.78 is 24.8. The Morgan fingerprint density at radius 2 is 2.00 bits per heavy atom. The number of carbonyl (C=O) groups is 2. The van der Waals surface area contributed by atoms with Gasteiger partial charge in [-0.15, -0.1) is 0 Å². The number of fused-ring (bicyclic) bond motifs is 1. The summed E-state index contributed by atoms with van der Waals surface area (Å²) in [5, 5.41) is 1.02. The van der Waals surface area contributed by atoms with Crippen LogP contribution < -0.4 is 10.5 Å². The lowest BCUT2D eigenvalue weighted by Crippen LogP contribution is -2.58. The molecular weight excluding hydrogens is 389 g/mol. The number of morpholine rings is 1. The van der Waals surface area contributed by atoms with Gasteiger partial charge in [0.2, 0.25) is 5.91 Å². The maximum Gasteiger partial charge on any atom is 0.254 e. The van der Waals surface area contributed by atoms with Crippen LogP contribution in [0.15, 0.2) is 54.7 Å². The summed E-state index contributed by atoms with van der Waals surface area (Å²) in [6.07, 6.45) is 1.71. The van der Waals surface area contributed by atoms with Crippen LogP contribution >= 0.6 is 0 Å². The van der Waals surface area contributed by atoms with Crippen LogP contribution in [-0.2, 0) is 9.53 Å². The molecule has 7 nitrogen and oxygen atoms in total. The molecule has 1 aromatic heterocycles.